The molecule has 6 nitrogen and oxygen atoms in total. The van der Waals surface area contributed by atoms with Crippen LogP contribution < -0.4 is 10.2 Å². The summed E-state index contributed by atoms with van der Waals surface area (Å²) < 4.78 is 5.87. The molecule has 6 heteroatoms. The Morgan fingerprint density at radius 1 is 1.22 bits per heavy atom. The minimum absolute atomic E-state index is 0.0448. The molecule has 1 aromatic heterocycles. The van der Waals surface area contributed by atoms with E-state index in [9.17, 15) is 4.79 Å². The van der Waals surface area contributed by atoms with Crippen LogP contribution in [-0.4, -0.2) is 29.2 Å². The summed E-state index contributed by atoms with van der Waals surface area (Å²) in [6.07, 6.45) is 3.95. The van der Waals surface area contributed by atoms with E-state index in [0.717, 1.165) is 31.5 Å². The lowest BCUT2D eigenvalue weighted by Gasteiger charge is -2.24. The monoisotopic (exact) mass is 314 g/mol. The Morgan fingerprint density at radius 3 is 2.65 bits per heavy atom. The number of aromatic nitrogens is 2. The minimum Gasteiger partial charge on any atom is -0.405 e. The van der Waals surface area contributed by atoms with Crippen LogP contribution in [0.5, 0.6) is 0 Å². The molecule has 122 valence electrons. The first-order valence-corrected chi connectivity index (χ1v) is 8.20. The van der Waals surface area contributed by atoms with Gasteiger partial charge in [0.25, 0.3) is 0 Å². The van der Waals surface area contributed by atoms with Gasteiger partial charge in [-0.05, 0) is 24.8 Å². The normalized spacial score (nSPS) is 16.1. The maximum atomic E-state index is 11.9. The summed E-state index contributed by atoms with van der Waals surface area (Å²) in [6, 6.07) is 9.84. The van der Waals surface area contributed by atoms with Crippen LogP contribution >= 0.6 is 0 Å². The molecule has 0 saturated carbocycles. The number of nitrogens with one attached hydrogen (secondary N) is 1. The second-order valence-electron chi connectivity index (χ2n) is 5.74. The van der Waals surface area contributed by atoms with Crippen molar-refractivity contribution in [1.29, 1.82) is 0 Å². The zero-order valence-corrected chi connectivity index (χ0v) is 13.4. The van der Waals surface area contributed by atoms with Crippen LogP contribution in [-0.2, 0) is 4.79 Å². The number of hydrogen-bond acceptors (Lipinski definition) is 5. The number of nitrogens with zero attached hydrogens (tertiary/aromatic N) is 3. The quantitative estimate of drug-likeness (QED) is 0.918. The van der Waals surface area contributed by atoms with E-state index < -0.39 is 6.04 Å². The van der Waals surface area contributed by atoms with Gasteiger partial charge in [0.2, 0.25) is 11.8 Å². The molecule has 1 aliphatic heterocycles. The van der Waals surface area contributed by atoms with E-state index in [-0.39, 0.29) is 5.91 Å². The number of rotatable bonds is 5. The largest absolute Gasteiger partial charge is 0.405 e. The standard InChI is InChI=1S/C17H22N4O2/c1-2-14(22)18-15(13-9-5-3-6-10-13)16-19-20-17(23-16)21-11-7-4-8-12-21/h3,5-6,9-10,15H,2,4,7-8,11-12H2,1H3,(H,18,22). The number of carbonyl (C=O) groups is 1. The fraction of sp³-hybridized carbons (Fsp3) is 0.471. The third kappa shape index (κ3) is 3.70. The smallest absolute Gasteiger partial charge is 0.318 e. The Labute approximate surface area is 135 Å². The van der Waals surface area contributed by atoms with Gasteiger partial charge in [-0.1, -0.05) is 42.4 Å². The maximum absolute atomic E-state index is 11.9. The third-order valence-electron chi connectivity index (χ3n) is 4.06. The number of hydrogen-bond donors (Lipinski definition) is 1. The van der Waals surface area contributed by atoms with Gasteiger partial charge in [0.1, 0.15) is 6.04 Å². The predicted molar refractivity (Wildman–Crippen MR) is 87.1 cm³/mol. The molecule has 1 aliphatic rings. The third-order valence-corrected chi connectivity index (χ3v) is 4.06. The number of anilines is 1. The molecule has 1 atom stereocenters. The van der Waals surface area contributed by atoms with Crippen molar-refractivity contribution in [3.8, 4) is 0 Å². The summed E-state index contributed by atoms with van der Waals surface area (Å²) in [5.41, 5.74) is 0.933. The van der Waals surface area contributed by atoms with Crippen molar-refractivity contribution in [2.24, 2.45) is 0 Å². The van der Waals surface area contributed by atoms with E-state index in [2.05, 4.69) is 20.4 Å². The van der Waals surface area contributed by atoms with Gasteiger partial charge in [0, 0.05) is 19.5 Å². The van der Waals surface area contributed by atoms with Crippen molar-refractivity contribution < 1.29 is 9.21 Å². The van der Waals surface area contributed by atoms with Crippen molar-refractivity contribution in [1.82, 2.24) is 15.5 Å². The van der Waals surface area contributed by atoms with E-state index in [1.807, 2.05) is 37.3 Å². The van der Waals surface area contributed by atoms with Crippen LogP contribution in [0.15, 0.2) is 34.7 Å². The predicted octanol–water partition coefficient (Wildman–Crippen LogP) is 2.68. The number of carbonyl (C=O) groups excluding carboxylic acids is 1. The lowest BCUT2D eigenvalue weighted by atomic mass is 10.1. The summed E-state index contributed by atoms with van der Waals surface area (Å²) in [7, 11) is 0. The molecular formula is C17H22N4O2. The molecule has 0 radical (unpaired) electrons. The fourth-order valence-corrected chi connectivity index (χ4v) is 2.75. The zero-order chi connectivity index (χ0) is 16.1. The van der Waals surface area contributed by atoms with Gasteiger partial charge in [-0.15, -0.1) is 5.10 Å². The highest BCUT2D eigenvalue weighted by molar-refractivity contribution is 5.76. The van der Waals surface area contributed by atoms with E-state index in [0.29, 0.717) is 18.3 Å². The highest BCUT2D eigenvalue weighted by Crippen LogP contribution is 2.25. The van der Waals surface area contributed by atoms with Gasteiger partial charge >= 0.3 is 6.01 Å². The van der Waals surface area contributed by atoms with Gasteiger partial charge in [-0.3, -0.25) is 4.79 Å². The first-order valence-electron chi connectivity index (χ1n) is 8.20. The molecule has 1 fully saturated rings. The zero-order valence-electron chi connectivity index (χ0n) is 13.4. The molecule has 1 N–H and O–H groups in total. The highest BCUT2D eigenvalue weighted by Gasteiger charge is 2.24. The molecule has 2 heterocycles. The maximum Gasteiger partial charge on any atom is 0.318 e. The molecule has 0 aliphatic carbocycles. The molecule has 23 heavy (non-hydrogen) atoms. The van der Waals surface area contributed by atoms with Gasteiger partial charge < -0.3 is 14.6 Å². The van der Waals surface area contributed by atoms with E-state index in [1.54, 1.807) is 0 Å². The number of amides is 1. The van der Waals surface area contributed by atoms with Gasteiger partial charge in [0.05, 0.1) is 0 Å². The van der Waals surface area contributed by atoms with Crippen LogP contribution in [0.1, 0.15) is 50.1 Å². The second kappa shape index (κ2) is 7.26. The summed E-state index contributed by atoms with van der Waals surface area (Å²) in [6.45, 7) is 3.71. The summed E-state index contributed by atoms with van der Waals surface area (Å²) in [5, 5.41) is 11.3. The van der Waals surface area contributed by atoms with E-state index in [4.69, 9.17) is 4.42 Å². The van der Waals surface area contributed by atoms with Crippen molar-refractivity contribution >= 4 is 11.9 Å². The van der Waals surface area contributed by atoms with E-state index >= 15 is 0 Å². The fourth-order valence-electron chi connectivity index (χ4n) is 2.75. The average Bonchev–Trinajstić information content (AvgIpc) is 3.10. The Morgan fingerprint density at radius 2 is 1.96 bits per heavy atom. The number of piperidine rings is 1. The summed E-state index contributed by atoms with van der Waals surface area (Å²) in [5.74, 6) is 0.384. The minimum atomic E-state index is -0.408. The molecule has 1 amide bonds. The van der Waals surface area contributed by atoms with Gasteiger partial charge in [-0.2, -0.15) is 0 Å². The molecule has 0 spiro atoms. The lowest BCUT2D eigenvalue weighted by Crippen LogP contribution is -2.30. The van der Waals surface area contributed by atoms with Crippen LogP contribution in [0.3, 0.4) is 0 Å². The summed E-state index contributed by atoms with van der Waals surface area (Å²) >= 11 is 0. The lowest BCUT2D eigenvalue weighted by molar-refractivity contribution is -0.121. The Hall–Kier alpha value is -2.37. The topological polar surface area (TPSA) is 71.3 Å². The average molecular weight is 314 g/mol. The SMILES string of the molecule is CCC(=O)NC(c1ccccc1)c1nnc(N2CCCCC2)o1. The molecule has 1 unspecified atom stereocenters. The van der Waals surface area contributed by atoms with Crippen molar-refractivity contribution in [2.45, 2.75) is 38.6 Å². The molecule has 1 aromatic carbocycles. The van der Waals surface area contributed by atoms with Crippen LogP contribution in [0, 0.1) is 0 Å². The number of benzene rings is 1. The van der Waals surface area contributed by atoms with Crippen LogP contribution in [0.25, 0.3) is 0 Å². The Bertz CT molecular complexity index is 635. The van der Waals surface area contributed by atoms with E-state index in [1.165, 1.54) is 6.42 Å². The Kier molecular flexibility index (Phi) is 4.90. The molecular weight excluding hydrogens is 292 g/mol. The first kappa shape index (κ1) is 15.5. The Balaban J connectivity index is 1.84. The van der Waals surface area contributed by atoms with Crippen molar-refractivity contribution in [3.63, 3.8) is 0 Å². The summed E-state index contributed by atoms with van der Waals surface area (Å²) in [4.78, 5) is 14.0. The molecule has 3 rings (SSSR count). The molecule has 0 bridgehead atoms. The molecule has 1 saturated heterocycles. The van der Waals surface area contributed by atoms with Gasteiger partial charge in [0.15, 0.2) is 0 Å². The van der Waals surface area contributed by atoms with Gasteiger partial charge in [-0.25, -0.2) is 0 Å². The highest BCUT2D eigenvalue weighted by atomic mass is 16.4. The van der Waals surface area contributed by atoms with Crippen LogP contribution in [0.4, 0.5) is 6.01 Å². The second-order valence-corrected chi connectivity index (χ2v) is 5.74. The molecule has 2 aromatic rings. The van der Waals surface area contributed by atoms with Crippen molar-refractivity contribution in [2.75, 3.05) is 18.0 Å². The van der Waals surface area contributed by atoms with Crippen LogP contribution in [0.2, 0.25) is 0 Å². The van der Waals surface area contributed by atoms with Crippen molar-refractivity contribution in [3.05, 3.63) is 41.8 Å². The first-order chi connectivity index (χ1) is 11.3.